The van der Waals surface area contributed by atoms with Gasteiger partial charge < -0.3 is 19.3 Å². The number of carbonyl (C=O) groups is 1. The van der Waals surface area contributed by atoms with E-state index in [-0.39, 0.29) is 30.3 Å². The zero-order chi connectivity index (χ0) is 23.2. The molecule has 0 radical (unpaired) electrons. The van der Waals surface area contributed by atoms with Crippen LogP contribution in [0.25, 0.3) is 0 Å². The highest BCUT2D eigenvalue weighted by atomic mass is 35.5. The highest BCUT2D eigenvalue weighted by molar-refractivity contribution is 6.30. The number of rotatable bonds is 5. The van der Waals surface area contributed by atoms with Crippen LogP contribution in [-0.4, -0.2) is 47.4 Å². The van der Waals surface area contributed by atoms with E-state index in [2.05, 4.69) is 18.7 Å². The average molecular weight is 472 g/mol. The van der Waals surface area contributed by atoms with E-state index in [1.807, 2.05) is 42.5 Å². The van der Waals surface area contributed by atoms with Crippen molar-refractivity contribution in [1.82, 2.24) is 4.90 Å². The third-order valence-electron chi connectivity index (χ3n) is 7.25. The van der Waals surface area contributed by atoms with Crippen LogP contribution in [0.5, 0.6) is 11.5 Å². The smallest absolute Gasteiger partial charge is 0.341 e. The number of hydrogen-bond donors (Lipinski definition) is 1. The molecule has 176 valence electrons. The van der Waals surface area contributed by atoms with E-state index in [4.69, 9.17) is 30.9 Å². The number of hydrogen-bond acceptors (Lipinski definition) is 5. The molecule has 0 amide bonds. The van der Waals surface area contributed by atoms with Crippen LogP contribution in [0, 0.1) is 11.8 Å². The van der Waals surface area contributed by atoms with Crippen LogP contribution in [0.3, 0.4) is 0 Å². The molecule has 0 bridgehead atoms. The van der Waals surface area contributed by atoms with Crippen LogP contribution < -0.4 is 9.47 Å². The maximum atomic E-state index is 10.9. The Morgan fingerprint density at radius 2 is 2.09 bits per heavy atom. The van der Waals surface area contributed by atoms with Crippen molar-refractivity contribution in [2.75, 3.05) is 19.7 Å². The van der Waals surface area contributed by atoms with Gasteiger partial charge in [-0.3, -0.25) is 4.90 Å². The number of halogens is 1. The molecular weight excluding hydrogens is 442 g/mol. The molecule has 2 aromatic carbocycles. The van der Waals surface area contributed by atoms with Gasteiger partial charge >= 0.3 is 5.97 Å². The number of ether oxygens (including phenoxy) is 3. The molecule has 33 heavy (non-hydrogen) atoms. The van der Waals surface area contributed by atoms with E-state index in [0.717, 1.165) is 49.4 Å². The maximum Gasteiger partial charge on any atom is 0.341 e. The Labute approximate surface area is 199 Å². The average Bonchev–Trinajstić information content (AvgIpc) is 2.78. The first-order valence-electron chi connectivity index (χ1n) is 11.6. The molecule has 0 unspecified atom stereocenters. The van der Waals surface area contributed by atoms with Gasteiger partial charge in [-0.15, -0.1) is 0 Å². The number of nitrogens with zero attached hydrogens (tertiary/aromatic N) is 1. The summed E-state index contributed by atoms with van der Waals surface area (Å²) in [5, 5.41) is 9.67. The first-order valence-corrected chi connectivity index (χ1v) is 12.0. The van der Waals surface area contributed by atoms with Crippen molar-refractivity contribution in [3.63, 3.8) is 0 Å². The summed E-state index contributed by atoms with van der Waals surface area (Å²) in [6, 6.07) is 13.5. The third-order valence-corrected chi connectivity index (χ3v) is 7.49. The van der Waals surface area contributed by atoms with Gasteiger partial charge in [-0.25, -0.2) is 4.79 Å². The second-order valence-electron chi connectivity index (χ2n) is 9.90. The quantitative estimate of drug-likeness (QED) is 0.666. The van der Waals surface area contributed by atoms with Crippen LogP contribution in [0.4, 0.5) is 0 Å². The Hall–Kier alpha value is -2.28. The van der Waals surface area contributed by atoms with E-state index < -0.39 is 5.97 Å². The monoisotopic (exact) mass is 471 g/mol. The van der Waals surface area contributed by atoms with Crippen molar-refractivity contribution in [2.24, 2.45) is 11.8 Å². The van der Waals surface area contributed by atoms with E-state index in [9.17, 15) is 4.79 Å². The molecule has 0 aromatic heterocycles. The third kappa shape index (κ3) is 4.57. The fraction of sp³-hybridized carbons (Fsp3) is 0.500. The van der Waals surface area contributed by atoms with Crippen molar-refractivity contribution in [1.29, 1.82) is 0 Å². The van der Waals surface area contributed by atoms with Gasteiger partial charge in [0.1, 0.15) is 17.1 Å². The Kier molecular flexibility index (Phi) is 6.02. The van der Waals surface area contributed by atoms with Crippen LogP contribution in [0.1, 0.15) is 43.9 Å². The van der Waals surface area contributed by atoms with Gasteiger partial charge in [-0.1, -0.05) is 29.8 Å². The molecule has 1 N–H and O–H groups in total. The molecule has 4 atom stereocenters. The molecule has 5 rings (SSSR count). The Bertz CT molecular complexity index is 1040. The van der Waals surface area contributed by atoms with E-state index in [1.165, 1.54) is 0 Å². The molecule has 3 aliphatic heterocycles. The van der Waals surface area contributed by atoms with E-state index >= 15 is 0 Å². The number of carboxylic acids is 1. The highest BCUT2D eigenvalue weighted by Gasteiger charge is 2.51. The van der Waals surface area contributed by atoms with Crippen molar-refractivity contribution in [2.45, 2.75) is 51.0 Å². The number of para-hydroxylation sites is 1. The Balaban J connectivity index is 1.31. The molecule has 0 spiro atoms. The largest absolute Gasteiger partial charge is 0.487 e. The summed E-state index contributed by atoms with van der Waals surface area (Å²) in [5.74, 6) is 1.20. The van der Waals surface area contributed by atoms with E-state index in [1.54, 1.807) is 0 Å². The second kappa shape index (κ2) is 8.82. The molecule has 3 heterocycles. The number of aliphatic carboxylic acids is 1. The molecule has 2 saturated heterocycles. The van der Waals surface area contributed by atoms with Crippen LogP contribution in [0.2, 0.25) is 5.02 Å². The van der Waals surface area contributed by atoms with Gasteiger partial charge in [0, 0.05) is 41.7 Å². The summed E-state index contributed by atoms with van der Waals surface area (Å²) in [7, 11) is 0. The number of benzene rings is 2. The number of carboxylic acid groups (broad SMARTS) is 1. The highest BCUT2D eigenvalue weighted by Crippen LogP contribution is 2.53. The lowest BCUT2D eigenvalue weighted by Crippen LogP contribution is -2.55. The van der Waals surface area contributed by atoms with Crippen molar-refractivity contribution in [3.05, 3.63) is 58.6 Å². The zero-order valence-corrected chi connectivity index (χ0v) is 19.8. The fourth-order valence-corrected chi connectivity index (χ4v) is 5.84. The minimum Gasteiger partial charge on any atom is -0.487 e. The summed E-state index contributed by atoms with van der Waals surface area (Å²) in [6.07, 6.45) is 2.20. The van der Waals surface area contributed by atoms with Crippen molar-refractivity contribution >= 4 is 17.6 Å². The molecule has 7 heteroatoms. The first-order chi connectivity index (χ1) is 15.8. The molecular formula is C26H30ClNO5. The van der Waals surface area contributed by atoms with Crippen molar-refractivity contribution in [3.8, 4) is 11.5 Å². The molecule has 0 saturated carbocycles. The van der Waals surface area contributed by atoms with Gasteiger partial charge in [0.15, 0.2) is 6.61 Å². The van der Waals surface area contributed by atoms with Crippen molar-refractivity contribution < 1.29 is 24.1 Å². The number of piperidine rings is 1. The summed E-state index contributed by atoms with van der Waals surface area (Å²) in [6.45, 7) is 6.56. The normalized spacial score (nSPS) is 28.1. The fourth-order valence-electron chi connectivity index (χ4n) is 5.66. The molecule has 6 nitrogen and oxygen atoms in total. The second-order valence-corrected chi connectivity index (χ2v) is 10.3. The number of likely N-dealkylation sites (tertiary alicyclic amines) is 1. The van der Waals surface area contributed by atoms with Crippen LogP contribution >= 0.6 is 11.6 Å². The topological polar surface area (TPSA) is 68.2 Å². The standard InChI is InChI=1S/C26H30ClNO5/c1-26(2)20-11-17-14-28(13-16-5-3-4-6-21(16)31-15-24(29)30)10-9-22(17)32-25(20)19-12-18(27)7-8-23(19)33-26/h3-8,12,17,20,22,25H,9-11,13-15H2,1-2H3,(H,29,30)/t17-,20+,22+,25-/m1/s1. The predicted octanol–water partition coefficient (Wildman–Crippen LogP) is 4.94. The molecule has 0 aliphatic carbocycles. The lowest BCUT2D eigenvalue weighted by atomic mass is 9.70. The SMILES string of the molecule is CC1(C)Oc2ccc(Cl)cc2[C@H]2O[C@H]3CCN(Cc4ccccc4OCC(=O)O)C[C@H]3C[C@@H]21. The molecule has 2 fully saturated rings. The summed E-state index contributed by atoms with van der Waals surface area (Å²) >= 11 is 6.30. The van der Waals surface area contributed by atoms with Gasteiger partial charge in [0.2, 0.25) is 0 Å². The lowest BCUT2D eigenvalue weighted by molar-refractivity contribution is -0.187. The summed E-state index contributed by atoms with van der Waals surface area (Å²) in [5.41, 5.74) is 1.75. The Morgan fingerprint density at radius 1 is 1.27 bits per heavy atom. The first kappa shape index (κ1) is 22.5. The number of fused-ring (bicyclic) bond motifs is 4. The maximum absolute atomic E-state index is 10.9. The van der Waals surface area contributed by atoms with E-state index in [0.29, 0.717) is 16.7 Å². The zero-order valence-electron chi connectivity index (χ0n) is 19.0. The van der Waals surface area contributed by atoms with Crippen LogP contribution in [-0.2, 0) is 16.1 Å². The summed E-state index contributed by atoms with van der Waals surface area (Å²) < 4.78 is 18.6. The van der Waals surface area contributed by atoms with Gasteiger partial charge in [-0.2, -0.15) is 0 Å². The van der Waals surface area contributed by atoms with Crippen LogP contribution in [0.15, 0.2) is 42.5 Å². The molecule has 3 aliphatic rings. The predicted molar refractivity (Wildman–Crippen MR) is 125 cm³/mol. The summed E-state index contributed by atoms with van der Waals surface area (Å²) in [4.78, 5) is 13.4. The molecule has 2 aromatic rings. The van der Waals surface area contributed by atoms with Gasteiger partial charge in [-0.05, 0) is 56.9 Å². The van der Waals surface area contributed by atoms with Gasteiger partial charge in [0.25, 0.3) is 0 Å². The van der Waals surface area contributed by atoms with Gasteiger partial charge in [0.05, 0.1) is 12.2 Å². The lowest BCUT2D eigenvalue weighted by Gasteiger charge is -2.53. The minimum atomic E-state index is -0.972. The Morgan fingerprint density at radius 3 is 2.91 bits per heavy atom. The minimum absolute atomic E-state index is 0.000365.